The SMILES string of the molecule is O=C(CNC(=O)c1cc2ccccn2n1)NC1CCSCC1. The quantitative estimate of drug-likeness (QED) is 0.884. The van der Waals surface area contributed by atoms with Crippen LogP contribution in [0, 0.1) is 0 Å². The van der Waals surface area contributed by atoms with E-state index in [0.717, 1.165) is 29.9 Å². The Hall–Kier alpha value is -2.02. The summed E-state index contributed by atoms with van der Waals surface area (Å²) in [7, 11) is 0. The average Bonchev–Trinajstić information content (AvgIpc) is 2.98. The standard InChI is InChI=1S/C15H18N4O2S/c20-14(17-11-4-7-22-8-5-11)10-16-15(21)13-9-12-3-1-2-6-19(12)18-13/h1-3,6,9,11H,4-5,7-8,10H2,(H,16,21)(H,17,20). The fourth-order valence-corrected chi connectivity index (χ4v) is 3.53. The number of nitrogens with zero attached hydrogens (tertiary/aromatic N) is 2. The molecule has 2 aromatic rings. The van der Waals surface area contributed by atoms with E-state index >= 15 is 0 Å². The second-order valence-corrected chi connectivity index (χ2v) is 6.46. The molecule has 0 aromatic carbocycles. The highest BCUT2D eigenvalue weighted by Crippen LogP contribution is 2.16. The summed E-state index contributed by atoms with van der Waals surface area (Å²) in [5.41, 5.74) is 1.16. The van der Waals surface area contributed by atoms with Gasteiger partial charge in [0, 0.05) is 12.2 Å². The number of pyridine rings is 1. The molecule has 0 spiro atoms. The number of nitrogens with one attached hydrogen (secondary N) is 2. The molecule has 0 bridgehead atoms. The smallest absolute Gasteiger partial charge is 0.272 e. The largest absolute Gasteiger partial charge is 0.352 e. The van der Waals surface area contributed by atoms with Crippen molar-refractivity contribution in [3.8, 4) is 0 Å². The summed E-state index contributed by atoms with van der Waals surface area (Å²) < 4.78 is 1.63. The molecule has 2 N–H and O–H groups in total. The van der Waals surface area contributed by atoms with Gasteiger partial charge in [-0.1, -0.05) is 6.07 Å². The number of hydrogen-bond donors (Lipinski definition) is 2. The summed E-state index contributed by atoms with van der Waals surface area (Å²) in [6, 6.07) is 7.54. The summed E-state index contributed by atoms with van der Waals surface area (Å²) in [6.45, 7) is -0.0175. The molecule has 6 nitrogen and oxygen atoms in total. The fourth-order valence-electron chi connectivity index (χ4n) is 2.42. The summed E-state index contributed by atoms with van der Waals surface area (Å²) in [5, 5.41) is 9.75. The first-order chi connectivity index (χ1) is 10.7. The maximum atomic E-state index is 12.0. The van der Waals surface area contributed by atoms with Crippen molar-refractivity contribution in [1.29, 1.82) is 0 Å². The second kappa shape index (κ2) is 6.83. The lowest BCUT2D eigenvalue weighted by Crippen LogP contribution is -2.43. The van der Waals surface area contributed by atoms with E-state index in [1.54, 1.807) is 16.8 Å². The van der Waals surface area contributed by atoms with Gasteiger partial charge in [-0.05, 0) is 42.5 Å². The molecular weight excluding hydrogens is 300 g/mol. The highest BCUT2D eigenvalue weighted by Gasteiger charge is 2.17. The first-order valence-corrected chi connectivity index (χ1v) is 8.47. The van der Waals surface area contributed by atoms with Gasteiger partial charge in [-0.3, -0.25) is 9.59 Å². The van der Waals surface area contributed by atoms with Gasteiger partial charge in [0.25, 0.3) is 5.91 Å². The minimum absolute atomic E-state index is 0.0175. The summed E-state index contributed by atoms with van der Waals surface area (Å²) in [6.07, 6.45) is 3.77. The van der Waals surface area contributed by atoms with E-state index < -0.39 is 0 Å². The number of hydrogen-bond acceptors (Lipinski definition) is 4. The number of thioether (sulfide) groups is 1. The van der Waals surface area contributed by atoms with E-state index in [9.17, 15) is 9.59 Å². The molecular formula is C15H18N4O2S. The van der Waals surface area contributed by atoms with Crippen LogP contribution in [0.2, 0.25) is 0 Å². The lowest BCUT2D eigenvalue weighted by Gasteiger charge is -2.22. The van der Waals surface area contributed by atoms with Crippen LogP contribution in [0.25, 0.3) is 5.52 Å². The van der Waals surface area contributed by atoms with Crippen molar-refractivity contribution in [2.45, 2.75) is 18.9 Å². The van der Waals surface area contributed by atoms with Crippen LogP contribution in [0.5, 0.6) is 0 Å². The van der Waals surface area contributed by atoms with Crippen LogP contribution in [0.15, 0.2) is 30.5 Å². The topological polar surface area (TPSA) is 75.5 Å². The molecule has 2 aromatic heterocycles. The molecule has 1 aliphatic heterocycles. The van der Waals surface area contributed by atoms with Gasteiger partial charge in [0.15, 0.2) is 5.69 Å². The Labute approximate surface area is 132 Å². The number of rotatable bonds is 4. The van der Waals surface area contributed by atoms with Crippen LogP contribution < -0.4 is 10.6 Å². The van der Waals surface area contributed by atoms with E-state index in [-0.39, 0.29) is 24.4 Å². The Morgan fingerprint density at radius 2 is 2.14 bits per heavy atom. The molecule has 3 heterocycles. The minimum Gasteiger partial charge on any atom is -0.352 e. The summed E-state index contributed by atoms with van der Waals surface area (Å²) >= 11 is 1.91. The zero-order valence-electron chi connectivity index (χ0n) is 12.1. The molecule has 1 fully saturated rings. The monoisotopic (exact) mass is 318 g/mol. The predicted octanol–water partition coefficient (Wildman–Crippen LogP) is 1.08. The Balaban J connectivity index is 1.52. The third-order valence-corrected chi connectivity index (χ3v) is 4.65. The van der Waals surface area contributed by atoms with Crippen LogP contribution in [-0.4, -0.2) is 45.5 Å². The highest BCUT2D eigenvalue weighted by molar-refractivity contribution is 7.99. The van der Waals surface area contributed by atoms with Crippen molar-refractivity contribution < 1.29 is 9.59 Å². The first kappa shape index (κ1) is 14.9. The van der Waals surface area contributed by atoms with Gasteiger partial charge in [0.1, 0.15) is 0 Å². The second-order valence-electron chi connectivity index (χ2n) is 5.24. The number of aromatic nitrogens is 2. The zero-order valence-corrected chi connectivity index (χ0v) is 12.9. The van der Waals surface area contributed by atoms with E-state index in [1.807, 2.05) is 30.0 Å². The van der Waals surface area contributed by atoms with Gasteiger partial charge in [0.05, 0.1) is 12.1 Å². The molecule has 7 heteroatoms. The van der Waals surface area contributed by atoms with E-state index in [0.29, 0.717) is 5.69 Å². The molecule has 0 aliphatic carbocycles. The third kappa shape index (κ3) is 3.59. The summed E-state index contributed by atoms with van der Waals surface area (Å²) in [5.74, 6) is 1.68. The molecule has 1 saturated heterocycles. The van der Waals surface area contributed by atoms with Crippen LogP contribution >= 0.6 is 11.8 Å². The van der Waals surface area contributed by atoms with Crippen LogP contribution in [0.3, 0.4) is 0 Å². The molecule has 22 heavy (non-hydrogen) atoms. The number of carbonyl (C=O) groups is 2. The molecule has 116 valence electrons. The van der Waals surface area contributed by atoms with Gasteiger partial charge in [-0.15, -0.1) is 0 Å². The summed E-state index contributed by atoms with van der Waals surface area (Å²) in [4.78, 5) is 23.9. The molecule has 1 aliphatic rings. The molecule has 0 saturated carbocycles. The van der Waals surface area contributed by atoms with Gasteiger partial charge in [-0.2, -0.15) is 16.9 Å². The van der Waals surface area contributed by atoms with Crippen LogP contribution in [0.4, 0.5) is 0 Å². The van der Waals surface area contributed by atoms with Crippen molar-refractivity contribution in [2.24, 2.45) is 0 Å². The Kier molecular flexibility index (Phi) is 4.62. The number of carbonyl (C=O) groups excluding carboxylic acids is 2. The Morgan fingerprint density at radius 3 is 2.91 bits per heavy atom. The normalized spacial score (nSPS) is 15.6. The van der Waals surface area contributed by atoms with Crippen molar-refractivity contribution in [3.63, 3.8) is 0 Å². The predicted molar refractivity (Wildman–Crippen MR) is 86.0 cm³/mol. The van der Waals surface area contributed by atoms with Crippen molar-refractivity contribution in [2.75, 3.05) is 18.1 Å². The lowest BCUT2D eigenvalue weighted by atomic mass is 10.1. The van der Waals surface area contributed by atoms with Gasteiger partial charge >= 0.3 is 0 Å². The van der Waals surface area contributed by atoms with E-state index in [4.69, 9.17) is 0 Å². The number of fused-ring (bicyclic) bond motifs is 1. The third-order valence-electron chi connectivity index (χ3n) is 3.60. The molecule has 0 radical (unpaired) electrons. The maximum Gasteiger partial charge on any atom is 0.272 e. The van der Waals surface area contributed by atoms with Crippen LogP contribution in [0.1, 0.15) is 23.3 Å². The highest BCUT2D eigenvalue weighted by atomic mass is 32.2. The van der Waals surface area contributed by atoms with Crippen molar-refractivity contribution >= 4 is 29.1 Å². The Bertz CT molecular complexity index is 646. The lowest BCUT2D eigenvalue weighted by molar-refractivity contribution is -0.120. The molecule has 0 unspecified atom stereocenters. The van der Waals surface area contributed by atoms with Gasteiger partial charge in [0.2, 0.25) is 5.91 Å². The Morgan fingerprint density at radius 1 is 1.32 bits per heavy atom. The first-order valence-electron chi connectivity index (χ1n) is 7.32. The molecule has 0 atom stereocenters. The van der Waals surface area contributed by atoms with E-state index in [1.165, 1.54) is 0 Å². The minimum atomic E-state index is -0.335. The maximum absolute atomic E-state index is 12.0. The van der Waals surface area contributed by atoms with Crippen molar-refractivity contribution in [1.82, 2.24) is 20.2 Å². The van der Waals surface area contributed by atoms with Gasteiger partial charge in [-0.25, -0.2) is 4.52 Å². The fraction of sp³-hybridized carbons (Fsp3) is 0.400. The zero-order chi connectivity index (χ0) is 15.4. The molecule has 3 rings (SSSR count). The van der Waals surface area contributed by atoms with E-state index in [2.05, 4.69) is 15.7 Å². The molecule has 2 amide bonds. The van der Waals surface area contributed by atoms with Gasteiger partial charge < -0.3 is 10.6 Å². The number of amides is 2. The van der Waals surface area contributed by atoms with Crippen molar-refractivity contribution in [3.05, 3.63) is 36.2 Å². The average molecular weight is 318 g/mol. The van der Waals surface area contributed by atoms with Crippen LogP contribution in [-0.2, 0) is 4.79 Å².